The number of allylic oxidation sites excluding steroid dienone is 10. The van der Waals surface area contributed by atoms with Crippen molar-refractivity contribution in [3.63, 3.8) is 0 Å². The second kappa shape index (κ2) is 53.7. The average molecular weight is 909 g/mol. The van der Waals surface area contributed by atoms with Gasteiger partial charge in [0, 0.05) is 19.3 Å². The van der Waals surface area contributed by atoms with Gasteiger partial charge < -0.3 is 14.2 Å². The van der Waals surface area contributed by atoms with E-state index in [1.54, 1.807) is 0 Å². The quantitative estimate of drug-likeness (QED) is 0.0262. The molecule has 0 amide bonds. The molecule has 0 N–H and O–H groups in total. The van der Waals surface area contributed by atoms with Gasteiger partial charge in [-0.1, -0.05) is 268 Å². The number of hydrogen-bond donors (Lipinski definition) is 0. The van der Waals surface area contributed by atoms with Gasteiger partial charge in [0.1, 0.15) is 13.2 Å². The summed E-state index contributed by atoms with van der Waals surface area (Å²) in [6.45, 7) is 6.49. The maximum Gasteiger partial charge on any atom is 0.306 e. The molecule has 0 radical (unpaired) electrons. The maximum atomic E-state index is 12.8. The lowest BCUT2D eigenvalue weighted by Crippen LogP contribution is -2.30. The van der Waals surface area contributed by atoms with E-state index in [-0.39, 0.29) is 37.5 Å². The summed E-state index contributed by atoms with van der Waals surface area (Å²) in [7, 11) is 0. The molecule has 1 unspecified atom stereocenters. The summed E-state index contributed by atoms with van der Waals surface area (Å²) in [5.74, 6) is -0.972. The van der Waals surface area contributed by atoms with Crippen molar-refractivity contribution in [3.05, 3.63) is 60.8 Å². The topological polar surface area (TPSA) is 78.9 Å². The second-order valence-electron chi connectivity index (χ2n) is 18.5. The molecule has 0 saturated heterocycles. The van der Waals surface area contributed by atoms with Crippen molar-refractivity contribution in [2.75, 3.05) is 13.2 Å². The van der Waals surface area contributed by atoms with Gasteiger partial charge in [-0.3, -0.25) is 14.4 Å². The van der Waals surface area contributed by atoms with E-state index >= 15 is 0 Å². The number of rotatable bonds is 50. The lowest BCUT2D eigenvalue weighted by Gasteiger charge is -2.18. The summed E-state index contributed by atoms with van der Waals surface area (Å²) in [5, 5.41) is 0. The van der Waals surface area contributed by atoms with Crippen LogP contribution in [0.25, 0.3) is 0 Å². The third-order valence-electron chi connectivity index (χ3n) is 12.1. The van der Waals surface area contributed by atoms with E-state index in [2.05, 4.69) is 75.5 Å². The first-order chi connectivity index (χ1) is 32.0. The first-order valence-corrected chi connectivity index (χ1v) is 27.8. The third-order valence-corrected chi connectivity index (χ3v) is 12.1. The zero-order chi connectivity index (χ0) is 47.2. The van der Waals surface area contributed by atoms with Crippen molar-refractivity contribution in [1.29, 1.82) is 0 Å². The fraction of sp³-hybridized carbons (Fsp3) is 0.780. The van der Waals surface area contributed by atoms with E-state index in [0.717, 1.165) is 70.6 Å². The first-order valence-electron chi connectivity index (χ1n) is 27.8. The molecule has 0 heterocycles. The molecule has 65 heavy (non-hydrogen) atoms. The summed E-state index contributed by atoms with van der Waals surface area (Å²) >= 11 is 0. The standard InChI is InChI=1S/C59H104O6/c1-4-7-10-13-16-19-22-25-27-29-30-32-34-37-40-43-46-49-52-58(61)64-55-56(54-63-57(60)51-48-45-42-39-36-33-24-21-18-15-12-9-6-3)65-59(62)53-50-47-44-41-38-35-31-28-26-23-20-17-14-11-8-5-2/h8,11,17,20,26,28,35,38,44,47,56H,4-7,9-10,12-16,18-19,21-25,27,29-34,36-37,39-43,45-46,48-55H2,1-3H3/b11-8-,20-17-,28-26-,38-35-,47-44-. The molecule has 376 valence electrons. The molecule has 0 spiro atoms. The maximum absolute atomic E-state index is 12.8. The fourth-order valence-electron chi connectivity index (χ4n) is 7.90. The molecule has 0 rings (SSSR count). The Hall–Kier alpha value is -2.89. The van der Waals surface area contributed by atoms with Gasteiger partial charge in [0.2, 0.25) is 0 Å². The van der Waals surface area contributed by atoms with Crippen LogP contribution in [0.2, 0.25) is 0 Å². The van der Waals surface area contributed by atoms with Crippen molar-refractivity contribution < 1.29 is 28.6 Å². The Morgan fingerprint density at radius 1 is 0.323 bits per heavy atom. The summed E-state index contributed by atoms with van der Waals surface area (Å²) in [5.41, 5.74) is 0. The summed E-state index contributed by atoms with van der Waals surface area (Å²) in [4.78, 5) is 38.0. The Labute approximate surface area is 402 Å². The van der Waals surface area contributed by atoms with Crippen molar-refractivity contribution in [2.45, 2.75) is 284 Å². The minimum absolute atomic E-state index is 0.0999. The van der Waals surface area contributed by atoms with Gasteiger partial charge in [-0.25, -0.2) is 0 Å². The normalized spacial score (nSPS) is 12.5. The highest BCUT2D eigenvalue weighted by Gasteiger charge is 2.19. The highest BCUT2D eigenvalue weighted by molar-refractivity contribution is 5.71. The fourth-order valence-corrected chi connectivity index (χ4v) is 7.90. The van der Waals surface area contributed by atoms with Crippen LogP contribution < -0.4 is 0 Å². The predicted octanol–water partition coefficient (Wildman–Crippen LogP) is 18.4. The summed E-state index contributed by atoms with van der Waals surface area (Å²) < 4.78 is 16.8. The molecule has 0 aromatic carbocycles. The Balaban J connectivity index is 4.42. The highest BCUT2D eigenvalue weighted by atomic mass is 16.6. The molecule has 0 aromatic heterocycles. The van der Waals surface area contributed by atoms with E-state index in [0.29, 0.717) is 19.3 Å². The van der Waals surface area contributed by atoms with Gasteiger partial charge in [0.25, 0.3) is 0 Å². The Morgan fingerprint density at radius 3 is 0.908 bits per heavy atom. The molecule has 0 fully saturated rings. The number of unbranched alkanes of at least 4 members (excludes halogenated alkanes) is 29. The summed E-state index contributed by atoms with van der Waals surface area (Å²) in [6.07, 6.45) is 66.5. The van der Waals surface area contributed by atoms with Crippen LogP contribution in [-0.2, 0) is 28.6 Å². The molecule has 6 heteroatoms. The molecule has 6 nitrogen and oxygen atoms in total. The van der Waals surface area contributed by atoms with Crippen LogP contribution in [0.5, 0.6) is 0 Å². The second-order valence-corrected chi connectivity index (χ2v) is 18.5. The van der Waals surface area contributed by atoms with Gasteiger partial charge in [0.15, 0.2) is 6.10 Å². The van der Waals surface area contributed by atoms with Crippen LogP contribution in [0.1, 0.15) is 278 Å². The number of hydrogen-bond acceptors (Lipinski definition) is 6. The monoisotopic (exact) mass is 909 g/mol. The molecule has 1 atom stereocenters. The third kappa shape index (κ3) is 51.9. The molecular formula is C59H104O6. The van der Waals surface area contributed by atoms with Crippen LogP contribution in [0.4, 0.5) is 0 Å². The van der Waals surface area contributed by atoms with E-state index in [1.807, 2.05) is 6.08 Å². The molecule has 0 aliphatic carbocycles. The number of carbonyl (C=O) groups excluding carboxylic acids is 3. The van der Waals surface area contributed by atoms with E-state index in [9.17, 15) is 14.4 Å². The van der Waals surface area contributed by atoms with Crippen LogP contribution in [0, 0.1) is 0 Å². The molecule has 0 aliphatic heterocycles. The molecule has 0 aliphatic rings. The van der Waals surface area contributed by atoms with E-state index in [1.165, 1.54) is 161 Å². The van der Waals surface area contributed by atoms with E-state index < -0.39 is 6.10 Å². The van der Waals surface area contributed by atoms with Crippen molar-refractivity contribution in [3.8, 4) is 0 Å². The van der Waals surface area contributed by atoms with E-state index in [4.69, 9.17) is 14.2 Å². The van der Waals surface area contributed by atoms with Crippen LogP contribution in [0.15, 0.2) is 60.8 Å². The SMILES string of the molecule is CC/C=C\C/C=C\C/C=C\C/C=C\C/C=C\CCC(=O)OC(COC(=O)CCCCCCCCCCCCCCC)COC(=O)CCCCCCCCCCCCCCCCCCCC. The largest absolute Gasteiger partial charge is 0.462 e. The van der Waals surface area contributed by atoms with Crippen molar-refractivity contribution >= 4 is 17.9 Å². The Bertz CT molecular complexity index is 1180. The lowest BCUT2D eigenvalue weighted by molar-refractivity contribution is -0.166. The van der Waals surface area contributed by atoms with Crippen LogP contribution >= 0.6 is 0 Å². The van der Waals surface area contributed by atoms with Gasteiger partial charge in [0.05, 0.1) is 0 Å². The minimum atomic E-state index is -0.810. The van der Waals surface area contributed by atoms with Gasteiger partial charge in [-0.2, -0.15) is 0 Å². The Kier molecular flexibility index (Phi) is 51.3. The average Bonchev–Trinajstić information content (AvgIpc) is 3.30. The predicted molar refractivity (Wildman–Crippen MR) is 279 cm³/mol. The van der Waals surface area contributed by atoms with Gasteiger partial charge in [-0.15, -0.1) is 0 Å². The molecular weight excluding hydrogens is 805 g/mol. The minimum Gasteiger partial charge on any atom is -0.462 e. The lowest BCUT2D eigenvalue weighted by atomic mass is 10.0. The van der Waals surface area contributed by atoms with Crippen molar-refractivity contribution in [1.82, 2.24) is 0 Å². The molecule has 0 bridgehead atoms. The van der Waals surface area contributed by atoms with Crippen LogP contribution in [0.3, 0.4) is 0 Å². The number of esters is 3. The summed E-state index contributed by atoms with van der Waals surface area (Å²) in [6, 6.07) is 0. The molecule has 0 aromatic rings. The number of ether oxygens (including phenoxy) is 3. The zero-order valence-corrected chi connectivity index (χ0v) is 43.0. The van der Waals surface area contributed by atoms with Crippen molar-refractivity contribution in [2.24, 2.45) is 0 Å². The number of carbonyl (C=O) groups is 3. The zero-order valence-electron chi connectivity index (χ0n) is 43.0. The highest BCUT2D eigenvalue weighted by Crippen LogP contribution is 2.16. The van der Waals surface area contributed by atoms with Gasteiger partial charge in [-0.05, 0) is 51.4 Å². The first kappa shape index (κ1) is 62.1. The Morgan fingerprint density at radius 2 is 0.600 bits per heavy atom. The smallest absolute Gasteiger partial charge is 0.306 e. The molecule has 0 saturated carbocycles. The van der Waals surface area contributed by atoms with Crippen LogP contribution in [-0.4, -0.2) is 37.2 Å². The van der Waals surface area contributed by atoms with Gasteiger partial charge >= 0.3 is 17.9 Å².